The average molecular weight is 297 g/mol. The van der Waals surface area contributed by atoms with Crippen LogP contribution in [0.15, 0.2) is 6.07 Å². The molecule has 2 rings (SSSR count). The number of amides is 1. The number of nitrogens with zero attached hydrogens (tertiary/aromatic N) is 1. The first-order valence-corrected chi connectivity index (χ1v) is 7.29. The first kappa shape index (κ1) is 14.8. The Morgan fingerprint density at radius 3 is 2.65 bits per heavy atom. The zero-order valence-electron chi connectivity index (χ0n) is 12.2. The van der Waals surface area contributed by atoms with Crippen molar-refractivity contribution < 1.29 is 19.1 Å². The SMILES string of the molecule is COC(=O)c1cc2c(s1)CN(C(=O)OC(C)(C)C)CC2. The van der Waals surface area contributed by atoms with Crippen LogP contribution in [-0.2, 0) is 22.4 Å². The minimum atomic E-state index is -0.496. The van der Waals surface area contributed by atoms with Gasteiger partial charge in [0, 0.05) is 11.4 Å². The van der Waals surface area contributed by atoms with Gasteiger partial charge >= 0.3 is 12.1 Å². The van der Waals surface area contributed by atoms with Crippen LogP contribution in [0.2, 0.25) is 0 Å². The molecule has 0 radical (unpaired) electrons. The molecule has 110 valence electrons. The number of thiophene rings is 1. The van der Waals surface area contributed by atoms with Crippen molar-refractivity contribution in [2.24, 2.45) is 0 Å². The Bertz CT molecular complexity index is 530. The van der Waals surface area contributed by atoms with Gasteiger partial charge in [0.15, 0.2) is 0 Å². The molecule has 0 saturated heterocycles. The summed E-state index contributed by atoms with van der Waals surface area (Å²) in [6.45, 7) is 6.65. The summed E-state index contributed by atoms with van der Waals surface area (Å²) in [5.74, 6) is -0.326. The Kier molecular flexibility index (Phi) is 4.04. The maximum Gasteiger partial charge on any atom is 0.410 e. The first-order valence-electron chi connectivity index (χ1n) is 6.48. The Balaban J connectivity index is 2.09. The summed E-state index contributed by atoms with van der Waals surface area (Å²) in [6.07, 6.45) is 0.429. The molecule has 0 bridgehead atoms. The lowest BCUT2D eigenvalue weighted by Crippen LogP contribution is -2.39. The van der Waals surface area contributed by atoms with Gasteiger partial charge in [-0.25, -0.2) is 9.59 Å². The van der Waals surface area contributed by atoms with E-state index in [-0.39, 0.29) is 12.1 Å². The van der Waals surface area contributed by atoms with E-state index in [9.17, 15) is 9.59 Å². The van der Waals surface area contributed by atoms with E-state index in [0.717, 1.165) is 16.9 Å². The Morgan fingerprint density at radius 2 is 2.05 bits per heavy atom. The van der Waals surface area contributed by atoms with Crippen molar-refractivity contribution in [2.75, 3.05) is 13.7 Å². The maximum atomic E-state index is 12.0. The quantitative estimate of drug-likeness (QED) is 0.748. The van der Waals surface area contributed by atoms with Crippen LogP contribution < -0.4 is 0 Å². The van der Waals surface area contributed by atoms with Crippen LogP contribution in [0, 0.1) is 0 Å². The van der Waals surface area contributed by atoms with Gasteiger partial charge in [-0.3, -0.25) is 0 Å². The Hall–Kier alpha value is -1.56. The van der Waals surface area contributed by atoms with Gasteiger partial charge in [-0.15, -0.1) is 11.3 Å². The van der Waals surface area contributed by atoms with E-state index in [1.165, 1.54) is 18.4 Å². The number of carbonyl (C=O) groups excluding carboxylic acids is 2. The van der Waals surface area contributed by atoms with Crippen molar-refractivity contribution in [1.82, 2.24) is 4.90 Å². The van der Waals surface area contributed by atoms with Gasteiger partial charge in [0.25, 0.3) is 0 Å². The third kappa shape index (κ3) is 3.30. The summed E-state index contributed by atoms with van der Waals surface area (Å²) >= 11 is 1.38. The van der Waals surface area contributed by atoms with E-state index in [4.69, 9.17) is 9.47 Å². The van der Waals surface area contributed by atoms with Crippen LogP contribution >= 0.6 is 11.3 Å². The molecule has 0 saturated carbocycles. The van der Waals surface area contributed by atoms with Crippen molar-refractivity contribution in [3.8, 4) is 0 Å². The number of fused-ring (bicyclic) bond motifs is 1. The van der Waals surface area contributed by atoms with Gasteiger partial charge in [0.1, 0.15) is 10.5 Å². The van der Waals surface area contributed by atoms with Gasteiger partial charge in [-0.1, -0.05) is 0 Å². The molecule has 5 nitrogen and oxygen atoms in total. The number of hydrogen-bond donors (Lipinski definition) is 0. The minimum Gasteiger partial charge on any atom is -0.465 e. The van der Waals surface area contributed by atoms with Gasteiger partial charge in [-0.2, -0.15) is 0 Å². The highest BCUT2D eigenvalue weighted by molar-refractivity contribution is 7.14. The summed E-state index contributed by atoms with van der Waals surface area (Å²) in [4.78, 5) is 26.8. The second kappa shape index (κ2) is 5.44. The molecule has 1 aliphatic rings. The molecule has 1 aliphatic heterocycles. The average Bonchev–Trinajstić information content (AvgIpc) is 2.78. The lowest BCUT2D eigenvalue weighted by Gasteiger charge is -2.29. The molecule has 2 heterocycles. The molecule has 1 aromatic heterocycles. The predicted molar refractivity (Wildman–Crippen MR) is 76.0 cm³/mol. The van der Waals surface area contributed by atoms with E-state index in [2.05, 4.69) is 0 Å². The Labute approximate surface area is 122 Å². The third-order valence-corrected chi connectivity index (χ3v) is 4.06. The minimum absolute atomic E-state index is 0.309. The number of carbonyl (C=O) groups is 2. The van der Waals surface area contributed by atoms with Crippen LogP contribution in [0.1, 0.15) is 40.9 Å². The zero-order chi connectivity index (χ0) is 14.9. The third-order valence-electron chi connectivity index (χ3n) is 2.92. The lowest BCUT2D eigenvalue weighted by molar-refractivity contribution is 0.0226. The summed E-state index contributed by atoms with van der Waals surface area (Å²) < 4.78 is 10.1. The Morgan fingerprint density at radius 1 is 1.35 bits per heavy atom. The number of hydrogen-bond acceptors (Lipinski definition) is 5. The molecule has 0 fully saturated rings. The molecule has 20 heavy (non-hydrogen) atoms. The van der Waals surface area contributed by atoms with Gasteiger partial charge < -0.3 is 14.4 Å². The molecule has 0 unspecified atom stereocenters. The number of rotatable bonds is 1. The summed E-state index contributed by atoms with van der Waals surface area (Å²) in [5.41, 5.74) is 0.625. The highest BCUT2D eigenvalue weighted by atomic mass is 32.1. The molecule has 0 aromatic carbocycles. The highest BCUT2D eigenvalue weighted by Crippen LogP contribution is 2.29. The van der Waals surface area contributed by atoms with Crippen molar-refractivity contribution in [3.05, 3.63) is 21.4 Å². The second-order valence-electron chi connectivity index (χ2n) is 5.70. The zero-order valence-corrected chi connectivity index (χ0v) is 13.0. The van der Waals surface area contributed by atoms with E-state index < -0.39 is 5.60 Å². The van der Waals surface area contributed by atoms with E-state index in [1.807, 2.05) is 26.8 Å². The standard InChI is InChI=1S/C14H19NO4S/c1-14(2,3)19-13(17)15-6-5-9-7-10(12(16)18-4)20-11(9)8-15/h7H,5-6,8H2,1-4H3. The fraction of sp³-hybridized carbons (Fsp3) is 0.571. The highest BCUT2D eigenvalue weighted by Gasteiger charge is 2.27. The monoisotopic (exact) mass is 297 g/mol. The van der Waals surface area contributed by atoms with Crippen molar-refractivity contribution >= 4 is 23.4 Å². The summed E-state index contributed by atoms with van der Waals surface area (Å²) in [7, 11) is 1.37. The van der Waals surface area contributed by atoms with Gasteiger partial charge in [-0.05, 0) is 38.8 Å². The van der Waals surface area contributed by atoms with Crippen LogP contribution in [0.25, 0.3) is 0 Å². The molecule has 0 atom stereocenters. The van der Waals surface area contributed by atoms with Crippen LogP contribution in [0.3, 0.4) is 0 Å². The van der Waals surface area contributed by atoms with Crippen molar-refractivity contribution in [3.63, 3.8) is 0 Å². The van der Waals surface area contributed by atoms with E-state index in [0.29, 0.717) is 18.0 Å². The fourth-order valence-electron chi connectivity index (χ4n) is 2.00. The molecule has 0 N–H and O–H groups in total. The summed E-state index contributed by atoms with van der Waals surface area (Å²) in [6, 6.07) is 1.86. The van der Waals surface area contributed by atoms with Crippen LogP contribution in [0.5, 0.6) is 0 Å². The molecule has 6 heteroatoms. The van der Waals surface area contributed by atoms with Crippen LogP contribution in [-0.4, -0.2) is 36.2 Å². The lowest BCUT2D eigenvalue weighted by atomic mass is 10.1. The van der Waals surface area contributed by atoms with E-state index in [1.54, 1.807) is 4.90 Å². The van der Waals surface area contributed by atoms with Gasteiger partial charge in [0.2, 0.25) is 0 Å². The molecule has 1 amide bonds. The molecule has 1 aromatic rings. The predicted octanol–water partition coefficient (Wildman–Crippen LogP) is 2.83. The fourth-order valence-corrected chi connectivity index (χ4v) is 3.15. The normalized spacial score (nSPS) is 14.7. The maximum absolute atomic E-state index is 12.0. The molecule has 0 spiro atoms. The second-order valence-corrected chi connectivity index (χ2v) is 6.84. The first-order chi connectivity index (χ1) is 9.30. The van der Waals surface area contributed by atoms with Crippen molar-refractivity contribution in [1.29, 1.82) is 0 Å². The molecular formula is C14H19NO4S. The number of esters is 1. The largest absolute Gasteiger partial charge is 0.465 e. The number of methoxy groups -OCH3 is 1. The summed E-state index contributed by atoms with van der Waals surface area (Å²) in [5, 5.41) is 0. The molecule has 0 aliphatic carbocycles. The van der Waals surface area contributed by atoms with E-state index >= 15 is 0 Å². The van der Waals surface area contributed by atoms with Gasteiger partial charge in [0.05, 0.1) is 13.7 Å². The molecular weight excluding hydrogens is 278 g/mol. The van der Waals surface area contributed by atoms with Crippen LogP contribution in [0.4, 0.5) is 4.79 Å². The number of ether oxygens (including phenoxy) is 2. The van der Waals surface area contributed by atoms with Crippen molar-refractivity contribution in [2.45, 2.75) is 39.3 Å². The smallest absolute Gasteiger partial charge is 0.410 e. The topological polar surface area (TPSA) is 55.8 Å².